The van der Waals surface area contributed by atoms with Crippen molar-refractivity contribution < 1.29 is 89.3 Å². The second-order valence-corrected chi connectivity index (χ2v) is 0. The summed E-state index contributed by atoms with van der Waals surface area (Å²) < 4.78 is 7.94. The molecule has 0 aliphatic rings. The zero-order valence-corrected chi connectivity index (χ0v) is 7.80. The molecular weight excluding hydrogens is 302 g/mol. The zero-order valence-electron chi connectivity index (χ0n) is 2.44. The van der Waals surface area contributed by atoms with E-state index in [-0.39, 0.29) is 69.8 Å². The summed E-state index contributed by atoms with van der Waals surface area (Å²) in [6.45, 7) is 0. The molecule has 0 bridgehead atoms. The van der Waals surface area contributed by atoms with Gasteiger partial charge in [0.2, 0.25) is 0 Å². The molecule has 0 spiro atoms. The Kier molecular flexibility index (Phi) is 417. The fraction of sp³-hybridized carbons (Fsp3) is 0. The van der Waals surface area contributed by atoms with Crippen molar-refractivity contribution in [3.05, 3.63) is 0 Å². The summed E-state index contributed by atoms with van der Waals surface area (Å²) in [5, 5.41) is 0. The normalized spacial score (nSPS) is 0.833. The van der Waals surface area contributed by atoms with Crippen LogP contribution in [0.1, 0.15) is 0 Å². The number of hydrogen-bond donors (Lipinski definition) is 0. The van der Waals surface area contributed by atoms with Crippen LogP contribution in [0.15, 0.2) is 0 Å². The third-order valence-corrected chi connectivity index (χ3v) is 0. The van der Waals surface area contributed by atoms with Crippen molar-refractivity contribution in [2.45, 2.75) is 0 Å². The molecule has 0 amide bonds. The van der Waals surface area contributed by atoms with Crippen molar-refractivity contribution in [3.8, 4) is 0 Å². The molecule has 0 unspecified atom stereocenters. The minimum atomic E-state index is 0. The molecule has 6 heavy (non-hydrogen) atoms. The maximum absolute atomic E-state index is 7.94. The third kappa shape index (κ3) is 35.7. The molecule has 0 saturated carbocycles. The number of rotatable bonds is 0. The molecule has 0 aromatic carbocycles. The first-order chi connectivity index (χ1) is 1.00. The summed E-state index contributed by atoms with van der Waals surface area (Å²) >= 11 is 2.31. The van der Waals surface area contributed by atoms with E-state index in [1.54, 1.807) is 0 Å². The van der Waals surface area contributed by atoms with Crippen molar-refractivity contribution in [2.24, 2.45) is 0 Å². The van der Waals surface area contributed by atoms with Crippen LogP contribution < -0.4 is 0 Å². The molecule has 0 aromatic rings. The van der Waals surface area contributed by atoms with Crippen LogP contribution in [0.3, 0.4) is 0 Å². The predicted octanol–water partition coefficient (Wildman–Crippen LogP) is -0.361. The van der Waals surface area contributed by atoms with E-state index in [0.29, 0.717) is 0 Å². The Hall–Kier alpha value is 2.12. The van der Waals surface area contributed by atoms with Gasteiger partial charge in [0.1, 0.15) is 0 Å². The van der Waals surface area contributed by atoms with Crippen LogP contribution in [0.25, 0.3) is 0 Å². The molecule has 0 aliphatic heterocycles. The maximum atomic E-state index is 7.94. The van der Waals surface area contributed by atoms with Crippen molar-refractivity contribution in [1.82, 2.24) is 0 Å². The SMILES string of the molecule is [Ce+3].[Mn+2].[O-2].[O-2].[O]=[Co]. The van der Waals surface area contributed by atoms with Gasteiger partial charge in [0.25, 0.3) is 0 Å². The molecule has 37 valence electrons. The Morgan fingerprint density at radius 3 is 1.00 bits per heavy atom. The minimum absolute atomic E-state index is 0. The first kappa shape index (κ1) is 42.3. The van der Waals surface area contributed by atoms with Crippen LogP contribution in [0, 0.1) is 41.7 Å². The van der Waals surface area contributed by atoms with Gasteiger partial charge in [-0.25, -0.2) is 0 Å². The first-order valence-corrected chi connectivity index (χ1v) is 0.561. The summed E-state index contributed by atoms with van der Waals surface area (Å²) in [6.07, 6.45) is 0. The molecule has 6 heteroatoms. The van der Waals surface area contributed by atoms with E-state index in [1.165, 1.54) is 0 Å². The summed E-state index contributed by atoms with van der Waals surface area (Å²) in [5.41, 5.74) is 0. The second-order valence-electron chi connectivity index (χ2n) is 0. The Morgan fingerprint density at radius 2 is 1.00 bits per heavy atom. The molecule has 3 nitrogen and oxygen atoms in total. The summed E-state index contributed by atoms with van der Waals surface area (Å²) in [4.78, 5) is 0. The molecule has 0 fully saturated rings. The van der Waals surface area contributed by atoms with Gasteiger partial charge in [-0.2, -0.15) is 0 Å². The average molecular weight is 302 g/mol. The first-order valence-electron chi connectivity index (χ1n) is 0.136. The molecule has 0 aromatic heterocycles. The predicted molar refractivity (Wildman–Crippen MR) is 2.06 cm³/mol. The number of hydrogen-bond acceptors (Lipinski definition) is 1. The third-order valence-electron chi connectivity index (χ3n) is 0. The van der Waals surface area contributed by atoms with E-state index >= 15 is 0 Å². The quantitative estimate of drug-likeness (QED) is 0.563. The molecular formula is CeCoMnO3+. The van der Waals surface area contributed by atoms with Crippen molar-refractivity contribution >= 4 is 0 Å². The fourth-order valence-corrected chi connectivity index (χ4v) is 0. The van der Waals surface area contributed by atoms with E-state index in [0.717, 1.165) is 0 Å². The van der Waals surface area contributed by atoms with Crippen molar-refractivity contribution in [2.75, 3.05) is 0 Å². The molecule has 2 radical (unpaired) electrons. The van der Waals surface area contributed by atoms with Crippen LogP contribution in [-0.4, -0.2) is 0 Å². The van der Waals surface area contributed by atoms with E-state index in [4.69, 9.17) is 3.87 Å². The molecule has 0 heterocycles. The van der Waals surface area contributed by atoms with Crippen LogP contribution in [0.4, 0.5) is 0 Å². The van der Waals surface area contributed by atoms with Gasteiger partial charge < -0.3 is 11.0 Å². The van der Waals surface area contributed by atoms with Crippen LogP contribution >= 0.6 is 0 Å². The summed E-state index contributed by atoms with van der Waals surface area (Å²) in [7, 11) is 0. The van der Waals surface area contributed by atoms with E-state index in [1.807, 2.05) is 0 Å². The standard InChI is InChI=1S/Ce.Co.Mn.3O/q+3;;+2;;2*-2. The molecule has 0 rings (SSSR count). The van der Waals surface area contributed by atoms with Gasteiger partial charge in [-0.1, -0.05) is 0 Å². The Balaban J connectivity index is -0.000000000833. The van der Waals surface area contributed by atoms with Crippen LogP contribution in [0.5, 0.6) is 0 Å². The van der Waals surface area contributed by atoms with E-state index < -0.39 is 0 Å². The molecule has 0 atom stereocenters. The van der Waals surface area contributed by atoms with Gasteiger partial charge >= 0.3 is 78.3 Å². The summed E-state index contributed by atoms with van der Waals surface area (Å²) in [6, 6.07) is 0. The molecule has 0 N–H and O–H groups in total. The van der Waals surface area contributed by atoms with Gasteiger partial charge in [-0.3, -0.25) is 0 Å². The second kappa shape index (κ2) is 59.3. The average Bonchev–Trinajstić information content (AvgIpc) is 1.00. The molecule has 0 aliphatic carbocycles. The van der Waals surface area contributed by atoms with Gasteiger partial charge in [0, 0.05) is 0 Å². The van der Waals surface area contributed by atoms with Crippen molar-refractivity contribution in [3.63, 3.8) is 0 Å². The Morgan fingerprint density at radius 1 is 1.00 bits per heavy atom. The van der Waals surface area contributed by atoms with Gasteiger partial charge in [-0.05, 0) is 0 Å². The van der Waals surface area contributed by atoms with Gasteiger partial charge in [-0.15, -0.1) is 0 Å². The van der Waals surface area contributed by atoms with Crippen LogP contribution in [0.2, 0.25) is 0 Å². The molecule has 0 saturated heterocycles. The topological polar surface area (TPSA) is 74.1 Å². The van der Waals surface area contributed by atoms with Gasteiger partial charge in [0.05, 0.1) is 0 Å². The van der Waals surface area contributed by atoms with Gasteiger partial charge in [0.15, 0.2) is 0 Å². The van der Waals surface area contributed by atoms with E-state index in [2.05, 4.69) is 15.7 Å². The zero-order chi connectivity index (χ0) is 2.00. The Bertz CT molecular complexity index is 10.8. The summed E-state index contributed by atoms with van der Waals surface area (Å²) in [5.74, 6) is 0. The fourth-order valence-electron chi connectivity index (χ4n) is 0. The monoisotopic (exact) mass is 302 g/mol. The van der Waals surface area contributed by atoms with Crippen molar-refractivity contribution in [1.29, 1.82) is 0 Å². The Labute approximate surface area is 87.9 Å². The van der Waals surface area contributed by atoms with Crippen LogP contribution in [-0.2, 0) is 47.6 Å². The van der Waals surface area contributed by atoms with E-state index in [9.17, 15) is 0 Å².